The van der Waals surface area contributed by atoms with Gasteiger partial charge in [0.1, 0.15) is 35.4 Å². The van der Waals surface area contributed by atoms with Gasteiger partial charge in [0, 0.05) is 29.5 Å². The second-order valence-corrected chi connectivity index (χ2v) is 9.43. The molecule has 5 rings (SSSR count). The number of ether oxygens (including phenoxy) is 2. The van der Waals surface area contributed by atoms with E-state index in [9.17, 15) is 14.6 Å². The Balaban J connectivity index is 1.34. The smallest absolute Gasteiger partial charge is 0.143 e. The first-order valence-electron chi connectivity index (χ1n) is 12.3. The molecule has 4 aromatic rings. The number of likely N-dealkylation sites (tertiary alicyclic amines) is 1. The SMILES string of the molecule is CC(COc1ccc(Oc2c(-c3ccc(O)cc3)ccc3cc(O)ccc23)cc1)N1CCC(CF)C1. The van der Waals surface area contributed by atoms with Crippen LogP contribution >= 0.6 is 0 Å². The summed E-state index contributed by atoms with van der Waals surface area (Å²) in [4.78, 5) is 2.28. The van der Waals surface area contributed by atoms with Crippen LogP contribution in [-0.4, -0.2) is 47.5 Å². The number of hydrogen-bond acceptors (Lipinski definition) is 5. The molecule has 1 aliphatic heterocycles. The molecule has 186 valence electrons. The molecule has 0 saturated carbocycles. The highest BCUT2D eigenvalue weighted by molar-refractivity contribution is 5.96. The minimum absolute atomic E-state index is 0.147. The van der Waals surface area contributed by atoms with Crippen molar-refractivity contribution in [3.63, 3.8) is 0 Å². The summed E-state index contributed by atoms with van der Waals surface area (Å²) in [5, 5.41) is 21.4. The molecule has 0 aliphatic carbocycles. The standard InChI is InChI=1S/C30H30FNO4/c1-20(32-15-14-21(17-31)18-32)19-35-26-8-10-27(11-9-26)36-30-28(22-2-5-24(33)6-3-22)12-4-23-16-25(34)7-13-29(23)30/h2-13,16,20-21,33-34H,14-15,17-19H2,1H3. The lowest BCUT2D eigenvalue weighted by Gasteiger charge is -2.24. The number of hydrogen-bond donors (Lipinski definition) is 2. The first-order valence-corrected chi connectivity index (χ1v) is 12.3. The van der Waals surface area contributed by atoms with E-state index in [1.807, 2.05) is 54.6 Å². The van der Waals surface area contributed by atoms with Crippen LogP contribution in [0.4, 0.5) is 4.39 Å². The van der Waals surface area contributed by atoms with Crippen molar-refractivity contribution < 1.29 is 24.1 Å². The molecule has 1 heterocycles. The van der Waals surface area contributed by atoms with Crippen molar-refractivity contribution in [1.29, 1.82) is 0 Å². The zero-order chi connectivity index (χ0) is 25.1. The molecule has 4 aromatic carbocycles. The number of aromatic hydroxyl groups is 2. The first-order chi connectivity index (χ1) is 17.5. The van der Waals surface area contributed by atoms with Crippen LogP contribution in [0.25, 0.3) is 21.9 Å². The fourth-order valence-electron chi connectivity index (χ4n) is 4.70. The Hall–Kier alpha value is -3.77. The molecule has 5 nitrogen and oxygen atoms in total. The van der Waals surface area contributed by atoms with E-state index in [1.165, 1.54) is 0 Å². The third-order valence-corrected chi connectivity index (χ3v) is 6.83. The maximum atomic E-state index is 12.9. The molecule has 0 amide bonds. The normalized spacial score (nSPS) is 16.8. The fraction of sp³-hybridized carbons (Fsp3) is 0.267. The van der Waals surface area contributed by atoms with E-state index in [-0.39, 0.29) is 30.1 Å². The van der Waals surface area contributed by atoms with E-state index < -0.39 is 0 Å². The van der Waals surface area contributed by atoms with Gasteiger partial charge in [0.15, 0.2) is 0 Å². The van der Waals surface area contributed by atoms with Gasteiger partial charge in [-0.1, -0.05) is 18.2 Å². The number of rotatable bonds is 8. The van der Waals surface area contributed by atoms with E-state index in [1.54, 1.807) is 24.3 Å². The second kappa shape index (κ2) is 10.5. The van der Waals surface area contributed by atoms with Gasteiger partial charge in [-0.2, -0.15) is 0 Å². The largest absolute Gasteiger partial charge is 0.508 e. The zero-order valence-corrected chi connectivity index (χ0v) is 20.2. The summed E-state index contributed by atoms with van der Waals surface area (Å²) in [5.74, 6) is 2.60. The van der Waals surface area contributed by atoms with E-state index in [0.717, 1.165) is 47.2 Å². The van der Waals surface area contributed by atoms with Crippen LogP contribution in [0.1, 0.15) is 13.3 Å². The van der Waals surface area contributed by atoms with Gasteiger partial charge in [-0.25, -0.2) is 0 Å². The van der Waals surface area contributed by atoms with Crippen molar-refractivity contribution in [3.8, 4) is 39.9 Å². The number of nitrogens with zero attached hydrogens (tertiary/aromatic N) is 1. The third-order valence-electron chi connectivity index (χ3n) is 6.83. The highest BCUT2D eigenvalue weighted by Crippen LogP contribution is 2.41. The van der Waals surface area contributed by atoms with Crippen LogP contribution in [-0.2, 0) is 0 Å². The van der Waals surface area contributed by atoms with Gasteiger partial charge in [-0.15, -0.1) is 0 Å². The molecule has 1 fully saturated rings. The molecule has 0 spiro atoms. The summed E-state index contributed by atoms with van der Waals surface area (Å²) in [6.07, 6.45) is 0.910. The molecular weight excluding hydrogens is 457 g/mol. The Bertz CT molecular complexity index is 1320. The van der Waals surface area contributed by atoms with E-state index in [0.29, 0.717) is 18.1 Å². The predicted octanol–water partition coefficient (Wildman–Crippen LogP) is 6.77. The molecule has 2 atom stereocenters. The van der Waals surface area contributed by atoms with Gasteiger partial charge in [-0.05, 0) is 91.5 Å². The van der Waals surface area contributed by atoms with Gasteiger partial charge in [0.25, 0.3) is 0 Å². The average molecular weight is 488 g/mol. The summed E-state index contributed by atoms with van der Waals surface area (Å²) in [6, 6.07) is 23.8. The quantitative estimate of drug-likeness (QED) is 0.287. The van der Waals surface area contributed by atoms with Gasteiger partial charge >= 0.3 is 0 Å². The van der Waals surface area contributed by atoms with Crippen LogP contribution in [0.15, 0.2) is 78.9 Å². The minimum Gasteiger partial charge on any atom is -0.508 e. The Morgan fingerprint density at radius 2 is 1.64 bits per heavy atom. The van der Waals surface area contributed by atoms with Crippen LogP contribution < -0.4 is 9.47 Å². The molecule has 0 radical (unpaired) electrons. The molecule has 1 saturated heterocycles. The third kappa shape index (κ3) is 5.24. The van der Waals surface area contributed by atoms with Crippen molar-refractivity contribution >= 4 is 10.8 Å². The minimum atomic E-state index is -0.252. The summed E-state index contributed by atoms with van der Waals surface area (Å²) < 4.78 is 25.3. The Morgan fingerprint density at radius 1 is 0.917 bits per heavy atom. The highest BCUT2D eigenvalue weighted by Gasteiger charge is 2.26. The van der Waals surface area contributed by atoms with Gasteiger partial charge in [0.05, 0.1) is 6.67 Å². The van der Waals surface area contributed by atoms with Crippen molar-refractivity contribution in [3.05, 3.63) is 78.9 Å². The molecule has 36 heavy (non-hydrogen) atoms. The van der Waals surface area contributed by atoms with Gasteiger partial charge in [0.2, 0.25) is 0 Å². The molecule has 2 unspecified atom stereocenters. The van der Waals surface area contributed by atoms with Crippen molar-refractivity contribution in [2.45, 2.75) is 19.4 Å². The number of phenols is 2. The topological polar surface area (TPSA) is 62.2 Å². The van der Waals surface area contributed by atoms with Gasteiger partial charge in [-0.3, -0.25) is 9.29 Å². The average Bonchev–Trinajstić information content (AvgIpc) is 3.38. The van der Waals surface area contributed by atoms with Crippen molar-refractivity contribution in [1.82, 2.24) is 4.90 Å². The molecule has 2 N–H and O–H groups in total. The maximum Gasteiger partial charge on any atom is 0.143 e. The van der Waals surface area contributed by atoms with Crippen LogP contribution in [0, 0.1) is 5.92 Å². The van der Waals surface area contributed by atoms with Crippen LogP contribution in [0.5, 0.6) is 28.7 Å². The lowest BCUT2D eigenvalue weighted by Crippen LogP contribution is -2.35. The number of alkyl halides is 1. The fourth-order valence-corrected chi connectivity index (χ4v) is 4.70. The number of fused-ring (bicyclic) bond motifs is 1. The van der Waals surface area contributed by atoms with E-state index in [4.69, 9.17) is 9.47 Å². The molecular formula is C30H30FNO4. The molecule has 1 aliphatic rings. The molecule has 6 heteroatoms. The zero-order valence-electron chi connectivity index (χ0n) is 20.2. The molecule has 0 bridgehead atoms. The monoisotopic (exact) mass is 487 g/mol. The maximum absolute atomic E-state index is 12.9. The Morgan fingerprint density at radius 3 is 2.36 bits per heavy atom. The number of phenolic OH excluding ortho intramolecular Hbond substituents is 2. The lowest BCUT2D eigenvalue weighted by molar-refractivity contribution is 0.165. The highest BCUT2D eigenvalue weighted by atomic mass is 19.1. The van der Waals surface area contributed by atoms with Crippen molar-refractivity contribution in [2.75, 3.05) is 26.4 Å². The summed E-state index contributed by atoms with van der Waals surface area (Å²) >= 11 is 0. The lowest BCUT2D eigenvalue weighted by atomic mass is 9.99. The van der Waals surface area contributed by atoms with Crippen molar-refractivity contribution in [2.24, 2.45) is 5.92 Å². The second-order valence-electron chi connectivity index (χ2n) is 9.43. The predicted molar refractivity (Wildman–Crippen MR) is 140 cm³/mol. The summed E-state index contributed by atoms with van der Waals surface area (Å²) in [6.45, 7) is 4.11. The molecule has 0 aromatic heterocycles. The van der Waals surface area contributed by atoms with Gasteiger partial charge < -0.3 is 19.7 Å². The van der Waals surface area contributed by atoms with Crippen LogP contribution in [0.3, 0.4) is 0 Å². The first kappa shape index (κ1) is 23.9. The van der Waals surface area contributed by atoms with E-state index >= 15 is 0 Å². The van der Waals surface area contributed by atoms with Crippen LogP contribution in [0.2, 0.25) is 0 Å². The summed E-state index contributed by atoms with van der Waals surface area (Å²) in [7, 11) is 0. The Labute approximate surface area is 210 Å². The number of benzene rings is 4. The summed E-state index contributed by atoms with van der Waals surface area (Å²) in [5.41, 5.74) is 1.78. The number of halogens is 1. The Kier molecular flexibility index (Phi) is 6.96. The van der Waals surface area contributed by atoms with E-state index in [2.05, 4.69) is 11.8 Å².